The van der Waals surface area contributed by atoms with Crippen LogP contribution in [0.25, 0.3) is 0 Å². The van der Waals surface area contributed by atoms with Crippen LogP contribution in [0, 0.1) is 20.2 Å². The number of hydrazone groups is 1. The van der Waals surface area contributed by atoms with Crippen LogP contribution in [-0.2, 0) is 0 Å². The monoisotopic (exact) mass is 406 g/mol. The van der Waals surface area contributed by atoms with Gasteiger partial charge in [-0.3, -0.25) is 25.7 Å². The van der Waals surface area contributed by atoms with Gasteiger partial charge in [-0.25, -0.2) is 0 Å². The van der Waals surface area contributed by atoms with Gasteiger partial charge in [-0.05, 0) is 36.4 Å². The minimum atomic E-state index is -0.757. The second kappa shape index (κ2) is 9.01. The van der Waals surface area contributed by atoms with Gasteiger partial charge < -0.3 is 5.11 Å². The summed E-state index contributed by atoms with van der Waals surface area (Å²) >= 11 is 0. The van der Waals surface area contributed by atoms with Crippen molar-refractivity contribution in [1.29, 1.82) is 0 Å². The number of nitro groups is 2. The van der Waals surface area contributed by atoms with Gasteiger partial charge in [0.1, 0.15) is 11.4 Å². The number of rotatable bonds is 7. The number of anilines is 1. The first-order chi connectivity index (χ1) is 14.4. The number of nitrogens with zero attached hydrogens (tertiary/aromatic N) is 5. The first-order valence-electron chi connectivity index (χ1n) is 8.46. The van der Waals surface area contributed by atoms with Gasteiger partial charge in [0.25, 0.3) is 5.69 Å². The summed E-state index contributed by atoms with van der Waals surface area (Å²) in [6.07, 6.45) is 1.24. The molecule has 3 aromatic rings. The van der Waals surface area contributed by atoms with E-state index in [9.17, 15) is 25.3 Å². The molecule has 3 rings (SSSR count). The quantitative estimate of drug-likeness (QED) is 0.241. The third-order valence-electron chi connectivity index (χ3n) is 3.83. The van der Waals surface area contributed by atoms with E-state index in [1.54, 1.807) is 18.2 Å². The molecule has 0 atom stereocenters. The highest BCUT2D eigenvalue weighted by molar-refractivity contribution is 5.85. The van der Waals surface area contributed by atoms with Gasteiger partial charge in [-0.15, -0.1) is 0 Å². The fourth-order valence-electron chi connectivity index (χ4n) is 2.37. The summed E-state index contributed by atoms with van der Waals surface area (Å²) in [6.45, 7) is 0. The molecule has 0 radical (unpaired) electrons. The third-order valence-corrected chi connectivity index (χ3v) is 3.83. The number of nitro benzene ring substituents is 2. The molecular formula is C19H14N6O5. The average molecular weight is 406 g/mol. The highest BCUT2D eigenvalue weighted by Crippen LogP contribution is 2.29. The van der Waals surface area contributed by atoms with E-state index in [-0.39, 0.29) is 17.0 Å². The van der Waals surface area contributed by atoms with E-state index in [0.29, 0.717) is 11.4 Å². The Morgan fingerprint density at radius 3 is 2.30 bits per heavy atom. The SMILES string of the molecule is O=[N+]([O-])c1ccc(N/N=C/c2cc(N=Nc3ccccc3)ccc2O)c([N+](=O)[O-])c1. The fraction of sp³-hybridized carbons (Fsp3) is 0. The van der Waals surface area contributed by atoms with Gasteiger partial charge in [0.2, 0.25) is 0 Å². The lowest BCUT2D eigenvalue weighted by Crippen LogP contribution is -1.98. The number of benzene rings is 3. The number of nitrogens with one attached hydrogen (secondary N) is 1. The molecular weight excluding hydrogens is 392 g/mol. The van der Waals surface area contributed by atoms with E-state index >= 15 is 0 Å². The summed E-state index contributed by atoms with van der Waals surface area (Å²) in [5, 5.41) is 44.0. The summed E-state index contributed by atoms with van der Waals surface area (Å²) in [6, 6.07) is 16.7. The van der Waals surface area contributed by atoms with Crippen LogP contribution in [0.4, 0.5) is 28.4 Å². The Morgan fingerprint density at radius 2 is 1.60 bits per heavy atom. The smallest absolute Gasteiger partial charge is 0.301 e. The number of hydrogen-bond donors (Lipinski definition) is 2. The van der Waals surface area contributed by atoms with Gasteiger partial charge in [0.05, 0.1) is 33.5 Å². The van der Waals surface area contributed by atoms with E-state index in [0.717, 1.165) is 12.1 Å². The van der Waals surface area contributed by atoms with Crippen LogP contribution in [0.1, 0.15) is 5.56 Å². The Morgan fingerprint density at radius 1 is 0.867 bits per heavy atom. The maximum atomic E-state index is 11.1. The maximum Gasteiger partial charge on any atom is 0.301 e. The molecule has 0 unspecified atom stereocenters. The van der Waals surface area contributed by atoms with E-state index < -0.39 is 21.2 Å². The van der Waals surface area contributed by atoms with Gasteiger partial charge in [-0.1, -0.05) is 18.2 Å². The minimum Gasteiger partial charge on any atom is -0.507 e. The zero-order chi connectivity index (χ0) is 21.5. The van der Waals surface area contributed by atoms with Crippen LogP contribution in [0.5, 0.6) is 5.75 Å². The summed E-state index contributed by atoms with van der Waals surface area (Å²) < 4.78 is 0. The zero-order valence-electron chi connectivity index (χ0n) is 15.2. The van der Waals surface area contributed by atoms with Crippen molar-refractivity contribution in [2.24, 2.45) is 15.3 Å². The molecule has 0 saturated heterocycles. The van der Waals surface area contributed by atoms with Crippen LogP contribution in [0.15, 0.2) is 82.1 Å². The molecule has 150 valence electrons. The number of hydrogen-bond acceptors (Lipinski definition) is 9. The Labute approximate surface area is 169 Å². The van der Waals surface area contributed by atoms with Gasteiger partial charge in [0.15, 0.2) is 0 Å². The molecule has 0 saturated carbocycles. The topological polar surface area (TPSA) is 156 Å². The van der Waals surface area contributed by atoms with Gasteiger partial charge >= 0.3 is 5.69 Å². The molecule has 0 aliphatic rings. The van der Waals surface area contributed by atoms with Crippen LogP contribution < -0.4 is 5.43 Å². The van der Waals surface area contributed by atoms with E-state index in [4.69, 9.17) is 0 Å². The van der Waals surface area contributed by atoms with Crippen molar-refractivity contribution in [3.63, 3.8) is 0 Å². The first-order valence-corrected chi connectivity index (χ1v) is 8.46. The van der Waals surface area contributed by atoms with Crippen molar-refractivity contribution >= 4 is 34.7 Å². The van der Waals surface area contributed by atoms with Crippen LogP contribution in [-0.4, -0.2) is 21.2 Å². The van der Waals surface area contributed by atoms with Gasteiger partial charge in [0, 0.05) is 11.6 Å². The predicted octanol–water partition coefficient (Wildman–Crippen LogP) is 5.07. The number of phenols is 1. The number of non-ortho nitro benzene ring substituents is 1. The molecule has 0 aromatic heterocycles. The molecule has 0 bridgehead atoms. The molecule has 3 aromatic carbocycles. The number of phenolic OH excluding ortho intramolecular Hbond substituents is 1. The van der Waals surface area contributed by atoms with Crippen molar-refractivity contribution in [2.45, 2.75) is 0 Å². The first kappa shape index (κ1) is 20.1. The maximum absolute atomic E-state index is 11.1. The summed E-state index contributed by atoms with van der Waals surface area (Å²) in [5.74, 6) is -0.0857. The highest BCUT2D eigenvalue weighted by atomic mass is 16.6. The summed E-state index contributed by atoms with van der Waals surface area (Å²) in [7, 11) is 0. The lowest BCUT2D eigenvalue weighted by molar-refractivity contribution is -0.393. The summed E-state index contributed by atoms with van der Waals surface area (Å²) in [5.41, 5.74) is 2.90. The fourth-order valence-corrected chi connectivity index (χ4v) is 2.37. The molecule has 0 heterocycles. The Balaban J connectivity index is 1.79. The van der Waals surface area contributed by atoms with Crippen molar-refractivity contribution < 1.29 is 15.0 Å². The average Bonchev–Trinajstić information content (AvgIpc) is 2.74. The highest BCUT2D eigenvalue weighted by Gasteiger charge is 2.19. The van der Waals surface area contributed by atoms with E-state index in [1.807, 2.05) is 18.2 Å². The predicted molar refractivity (Wildman–Crippen MR) is 110 cm³/mol. The largest absolute Gasteiger partial charge is 0.507 e. The van der Waals surface area contributed by atoms with Crippen LogP contribution in [0.3, 0.4) is 0 Å². The second-order valence-electron chi connectivity index (χ2n) is 5.86. The molecule has 30 heavy (non-hydrogen) atoms. The molecule has 0 spiro atoms. The molecule has 0 aliphatic carbocycles. The molecule has 0 aliphatic heterocycles. The third kappa shape index (κ3) is 4.98. The van der Waals surface area contributed by atoms with Crippen molar-refractivity contribution in [3.05, 3.63) is 92.5 Å². The lowest BCUT2D eigenvalue weighted by atomic mass is 10.2. The van der Waals surface area contributed by atoms with Crippen molar-refractivity contribution in [1.82, 2.24) is 0 Å². The standard InChI is InChI=1S/C19H14N6O5/c26-19-9-6-15(22-21-14-4-2-1-3-5-14)10-13(19)12-20-23-17-8-7-16(24(27)28)11-18(17)25(29)30/h1-12,23,26H/b20-12+,22-21?. The Kier molecular flexibility index (Phi) is 6.03. The normalized spacial score (nSPS) is 11.1. The molecule has 11 nitrogen and oxygen atoms in total. The molecule has 2 N–H and O–H groups in total. The van der Waals surface area contributed by atoms with E-state index in [2.05, 4.69) is 20.8 Å². The Bertz CT molecular complexity index is 1150. The second-order valence-corrected chi connectivity index (χ2v) is 5.86. The van der Waals surface area contributed by atoms with Crippen LogP contribution in [0.2, 0.25) is 0 Å². The molecule has 11 heteroatoms. The lowest BCUT2D eigenvalue weighted by Gasteiger charge is -2.03. The summed E-state index contributed by atoms with van der Waals surface area (Å²) in [4.78, 5) is 20.4. The van der Waals surface area contributed by atoms with Gasteiger partial charge in [-0.2, -0.15) is 15.3 Å². The van der Waals surface area contributed by atoms with Crippen molar-refractivity contribution in [2.75, 3.05) is 5.43 Å². The minimum absolute atomic E-state index is 0.0405. The number of azo groups is 1. The molecule has 0 amide bonds. The van der Waals surface area contributed by atoms with Crippen molar-refractivity contribution in [3.8, 4) is 5.75 Å². The Hall–Kier alpha value is -4.67. The molecule has 0 fully saturated rings. The van der Waals surface area contributed by atoms with Crippen LogP contribution >= 0.6 is 0 Å². The van der Waals surface area contributed by atoms with E-state index in [1.165, 1.54) is 24.4 Å². The zero-order valence-corrected chi connectivity index (χ0v) is 15.2. The number of aromatic hydroxyl groups is 1.